The van der Waals surface area contributed by atoms with Gasteiger partial charge in [0.2, 0.25) is 0 Å². The van der Waals surface area contributed by atoms with Crippen molar-refractivity contribution in [2.75, 3.05) is 5.32 Å². The van der Waals surface area contributed by atoms with Gasteiger partial charge in [-0.3, -0.25) is 9.78 Å². The first kappa shape index (κ1) is 23.8. The van der Waals surface area contributed by atoms with E-state index in [2.05, 4.69) is 15.3 Å². The fourth-order valence-electron chi connectivity index (χ4n) is 4.37. The number of nitrogens with one attached hydrogen (secondary N) is 1. The number of aliphatic hydroxyl groups is 2. The number of hydrogen-bond donors (Lipinski definition) is 3. The molecule has 0 aliphatic heterocycles. The van der Waals surface area contributed by atoms with Crippen LogP contribution in [0.4, 0.5) is 18.9 Å². The minimum atomic E-state index is -1.22. The Morgan fingerprint density at radius 2 is 1.79 bits per heavy atom. The summed E-state index contributed by atoms with van der Waals surface area (Å²) in [6.07, 6.45) is 2.91. The Kier molecular flexibility index (Phi) is 6.42. The lowest BCUT2D eigenvalue weighted by Gasteiger charge is -2.43. The lowest BCUT2D eigenvalue weighted by Crippen LogP contribution is -2.49. The zero-order valence-corrected chi connectivity index (χ0v) is 18.6. The standard InChI is InChI=1S/C25H24F3N3O3/c1-13-10-14(11-21(32)25(13,2)34)15-8-9-29-12-20(15)31-24(33)19-7-6-18(28)23(30-19)22-16(26)4-3-5-17(22)27/h3-9,12-14,21,32,34H,10-11H2,1-2H3,(H,31,33)/t13-,14+,21+,25+/m0/s1. The van der Waals surface area contributed by atoms with Gasteiger partial charge in [0, 0.05) is 6.20 Å². The van der Waals surface area contributed by atoms with Crippen LogP contribution in [0.2, 0.25) is 0 Å². The van der Waals surface area contributed by atoms with Crippen molar-refractivity contribution in [2.45, 2.75) is 44.3 Å². The molecular formula is C25H24F3N3O3. The molecule has 4 rings (SSSR count). The molecular weight excluding hydrogens is 447 g/mol. The Labute approximate surface area is 194 Å². The monoisotopic (exact) mass is 471 g/mol. The molecule has 3 N–H and O–H groups in total. The third-order valence-electron chi connectivity index (χ3n) is 6.64. The number of pyridine rings is 2. The Balaban J connectivity index is 1.63. The zero-order chi connectivity index (χ0) is 24.6. The molecule has 1 saturated carbocycles. The van der Waals surface area contributed by atoms with Crippen LogP contribution >= 0.6 is 0 Å². The second-order valence-electron chi connectivity index (χ2n) is 8.85. The average Bonchev–Trinajstić information content (AvgIpc) is 2.79. The highest BCUT2D eigenvalue weighted by atomic mass is 19.1. The average molecular weight is 471 g/mol. The van der Waals surface area contributed by atoms with Crippen molar-refractivity contribution in [2.24, 2.45) is 5.92 Å². The number of nitrogens with zero attached hydrogens (tertiary/aromatic N) is 2. The molecule has 0 unspecified atom stereocenters. The Hall–Kier alpha value is -3.30. The molecule has 0 spiro atoms. The maximum absolute atomic E-state index is 14.4. The predicted molar refractivity (Wildman–Crippen MR) is 120 cm³/mol. The molecule has 6 nitrogen and oxygen atoms in total. The van der Waals surface area contributed by atoms with Gasteiger partial charge in [-0.1, -0.05) is 13.0 Å². The van der Waals surface area contributed by atoms with E-state index in [-0.39, 0.29) is 24.0 Å². The summed E-state index contributed by atoms with van der Waals surface area (Å²) in [6.45, 7) is 3.45. The lowest BCUT2D eigenvalue weighted by molar-refractivity contribution is -0.123. The molecule has 9 heteroatoms. The number of amides is 1. The third kappa shape index (κ3) is 4.41. The SMILES string of the molecule is C[C@H]1C[C@@H](c2ccncc2NC(=O)c2ccc(F)c(-c3c(F)cccc3F)n2)C[C@@H](O)[C@]1(C)O. The van der Waals surface area contributed by atoms with Gasteiger partial charge < -0.3 is 15.5 Å². The highest BCUT2D eigenvalue weighted by molar-refractivity contribution is 6.03. The molecule has 34 heavy (non-hydrogen) atoms. The number of aliphatic hydroxyl groups excluding tert-OH is 1. The number of aromatic nitrogens is 2. The molecule has 1 amide bonds. The number of anilines is 1. The number of halogens is 3. The first-order chi connectivity index (χ1) is 16.1. The van der Waals surface area contributed by atoms with Gasteiger partial charge in [-0.15, -0.1) is 0 Å². The Bertz CT molecular complexity index is 1200. The topological polar surface area (TPSA) is 95.3 Å². The number of hydrogen-bond acceptors (Lipinski definition) is 5. The number of carbonyl (C=O) groups is 1. The van der Waals surface area contributed by atoms with Crippen molar-refractivity contribution < 1.29 is 28.2 Å². The summed E-state index contributed by atoms with van der Waals surface area (Å²) in [5, 5.41) is 23.6. The van der Waals surface area contributed by atoms with Crippen LogP contribution in [0.1, 0.15) is 48.7 Å². The molecule has 1 aliphatic rings. The predicted octanol–water partition coefficient (Wildman–Crippen LogP) is 4.44. The molecule has 0 bridgehead atoms. The van der Waals surface area contributed by atoms with E-state index < -0.39 is 46.3 Å². The van der Waals surface area contributed by atoms with Crippen LogP contribution in [0.25, 0.3) is 11.3 Å². The van der Waals surface area contributed by atoms with Crippen molar-refractivity contribution >= 4 is 11.6 Å². The van der Waals surface area contributed by atoms with E-state index in [1.54, 1.807) is 19.2 Å². The molecule has 1 aliphatic carbocycles. The minimum Gasteiger partial charge on any atom is -0.390 e. The fraction of sp³-hybridized carbons (Fsp3) is 0.320. The smallest absolute Gasteiger partial charge is 0.274 e. The van der Waals surface area contributed by atoms with Gasteiger partial charge in [0.1, 0.15) is 28.8 Å². The van der Waals surface area contributed by atoms with Crippen LogP contribution < -0.4 is 5.32 Å². The van der Waals surface area contributed by atoms with Gasteiger partial charge in [0.25, 0.3) is 5.91 Å². The highest BCUT2D eigenvalue weighted by Gasteiger charge is 2.43. The van der Waals surface area contributed by atoms with Crippen molar-refractivity contribution in [3.8, 4) is 11.3 Å². The fourth-order valence-corrected chi connectivity index (χ4v) is 4.37. The molecule has 1 fully saturated rings. The van der Waals surface area contributed by atoms with Crippen LogP contribution in [0.5, 0.6) is 0 Å². The lowest BCUT2D eigenvalue weighted by atomic mass is 9.69. The van der Waals surface area contributed by atoms with E-state index in [0.717, 1.165) is 30.3 Å². The molecule has 2 heterocycles. The zero-order valence-electron chi connectivity index (χ0n) is 18.6. The number of carbonyl (C=O) groups excluding carboxylic acids is 1. The summed E-state index contributed by atoms with van der Waals surface area (Å²) in [6, 6.07) is 6.87. The summed E-state index contributed by atoms with van der Waals surface area (Å²) in [7, 11) is 0. The Morgan fingerprint density at radius 1 is 1.09 bits per heavy atom. The molecule has 4 atom stereocenters. The molecule has 3 aromatic rings. The first-order valence-corrected chi connectivity index (χ1v) is 10.9. The summed E-state index contributed by atoms with van der Waals surface area (Å²) in [5.41, 5.74) is -1.65. The Morgan fingerprint density at radius 3 is 2.47 bits per heavy atom. The second kappa shape index (κ2) is 9.15. The van der Waals surface area contributed by atoms with Crippen molar-refractivity contribution in [1.82, 2.24) is 9.97 Å². The maximum atomic E-state index is 14.4. The van der Waals surface area contributed by atoms with Crippen molar-refractivity contribution in [3.63, 3.8) is 0 Å². The van der Waals surface area contributed by atoms with E-state index in [4.69, 9.17) is 0 Å². The van der Waals surface area contributed by atoms with Crippen LogP contribution in [0, 0.1) is 23.4 Å². The van der Waals surface area contributed by atoms with Crippen molar-refractivity contribution in [1.29, 1.82) is 0 Å². The minimum absolute atomic E-state index is 0.159. The molecule has 1 aromatic carbocycles. The van der Waals surface area contributed by atoms with Crippen LogP contribution in [0.3, 0.4) is 0 Å². The molecule has 0 saturated heterocycles. The van der Waals surface area contributed by atoms with Gasteiger partial charge in [-0.05, 0) is 67.5 Å². The van der Waals surface area contributed by atoms with Crippen LogP contribution in [0.15, 0.2) is 48.8 Å². The van der Waals surface area contributed by atoms with E-state index >= 15 is 0 Å². The van der Waals surface area contributed by atoms with Crippen LogP contribution in [-0.2, 0) is 0 Å². The third-order valence-corrected chi connectivity index (χ3v) is 6.64. The van der Waals surface area contributed by atoms with Gasteiger partial charge in [-0.25, -0.2) is 18.2 Å². The molecule has 0 radical (unpaired) electrons. The highest BCUT2D eigenvalue weighted by Crippen LogP contribution is 2.43. The van der Waals surface area contributed by atoms with E-state index in [1.165, 1.54) is 6.20 Å². The van der Waals surface area contributed by atoms with E-state index in [1.807, 2.05) is 6.92 Å². The second-order valence-corrected chi connectivity index (χ2v) is 8.85. The quantitative estimate of drug-likeness (QED) is 0.523. The summed E-state index contributed by atoms with van der Waals surface area (Å²) < 4.78 is 42.7. The largest absolute Gasteiger partial charge is 0.390 e. The maximum Gasteiger partial charge on any atom is 0.274 e. The van der Waals surface area contributed by atoms with Gasteiger partial charge in [-0.2, -0.15) is 0 Å². The summed E-state index contributed by atoms with van der Waals surface area (Å²) in [4.78, 5) is 20.9. The van der Waals surface area contributed by atoms with Gasteiger partial charge >= 0.3 is 0 Å². The van der Waals surface area contributed by atoms with E-state index in [9.17, 15) is 28.2 Å². The number of rotatable bonds is 4. The van der Waals surface area contributed by atoms with Crippen molar-refractivity contribution in [3.05, 3.63) is 77.5 Å². The van der Waals surface area contributed by atoms with Gasteiger partial charge in [0.05, 0.1) is 29.2 Å². The van der Waals surface area contributed by atoms with Crippen LogP contribution in [-0.4, -0.2) is 37.8 Å². The number of benzene rings is 1. The summed E-state index contributed by atoms with van der Waals surface area (Å²) >= 11 is 0. The molecule has 178 valence electrons. The molecule has 2 aromatic heterocycles. The summed E-state index contributed by atoms with van der Waals surface area (Å²) in [5.74, 6) is -4.05. The normalized spacial score (nSPS) is 24.6. The van der Waals surface area contributed by atoms with E-state index in [0.29, 0.717) is 17.7 Å². The van der Waals surface area contributed by atoms with Gasteiger partial charge in [0.15, 0.2) is 0 Å². The first-order valence-electron chi connectivity index (χ1n) is 10.9.